The fourth-order valence-electron chi connectivity index (χ4n) is 10.3. The Bertz CT molecular complexity index is 2790. The SMILES string of the molecule is CC1(C)c2ccccc2-c2ccc(N(c3ccc4c(c3)C3(CCc5ccccc53)c3ccccc3-4)c3ccccc3-c3ccc(-c4ccccc4)cc3)cc21. The molecule has 0 fully saturated rings. The standard InChI is InChI=1S/C54H41N/c1-53(2)48-21-11-7-18-43(48)45-30-28-40(34-50(45)53)55(52-23-13-9-17-42(52)38-26-24-37(25-27-38)36-14-4-3-5-15-36)41-29-31-46-44-19-8-12-22-49(44)54(51(46)35-41)33-32-39-16-6-10-20-47(39)54/h3-31,34-35H,32-33H2,1-2H3. The molecule has 262 valence electrons. The van der Waals surface area contributed by atoms with Crippen molar-refractivity contribution >= 4 is 17.1 Å². The molecule has 0 N–H and O–H groups in total. The summed E-state index contributed by atoms with van der Waals surface area (Å²) in [5, 5.41) is 0. The van der Waals surface area contributed by atoms with Crippen LogP contribution in [0, 0.1) is 0 Å². The minimum atomic E-state index is -0.168. The third kappa shape index (κ3) is 4.66. The fourth-order valence-corrected chi connectivity index (χ4v) is 10.3. The molecule has 11 rings (SSSR count). The van der Waals surface area contributed by atoms with Crippen LogP contribution < -0.4 is 4.90 Å². The first-order valence-electron chi connectivity index (χ1n) is 19.6. The van der Waals surface area contributed by atoms with E-state index in [2.05, 4.69) is 207 Å². The van der Waals surface area contributed by atoms with Gasteiger partial charge in [0.2, 0.25) is 0 Å². The highest BCUT2D eigenvalue weighted by molar-refractivity contribution is 5.93. The molecule has 0 saturated carbocycles. The van der Waals surface area contributed by atoms with Crippen molar-refractivity contribution in [1.29, 1.82) is 0 Å². The second-order valence-corrected chi connectivity index (χ2v) is 16.0. The third-order valence-electron chi connectivity index (χ3n) is 12.9. The van der Waals surface area contributed by atoms with Gasteiger partial charge in [-0.05, 0) is 115 Å². The van der Waals surface area contributed by atoms with Gasteiger partial charge in [0.1, 0.15) is 0 Å². The molecule has 0 amide bonds. The minimum Gasteiger partial charge on any atom is -0.310 e. The summed E-state index contributed by atoms with van der Waals surface area (Å²) in [6.45, 7) is 4.75. The van der Waals surface area contributed by atoms with Gasteiger partial charge in [0, 0.05) is 27.8 Å². The van der Waals surface area contributed by atoms with Crippen molar-refractivity contribution in [2.75, 3.05) is 4.90 Å². The number of para-hydroxylation sites is 1. The van der Waals surface area contributed by atoms with Gasteiger partial charge in [-0.1, -0.05) is 172 Å². The van der Waals surface area contributed by atoms with Crippen molar-refractivity contribution < 1.29 is 0 Å². The molecular weight excluding hydrogens is 663 g/mol. The summed E-state index contributed by atoms with van der Waals surface area (Å²) < 4.78 is 0. The zero-order valence-electron chi connectivity index (χ0n) is 31.3. The zero-order valence-corrected chi connectivity index (χ0v) is 31.3. The van der Waals surface area contributed by atoms with E-state index >= 15 is 0 Å². The van der Waals surface area contributed by atoms with E-state index in [1.54, 1.807) is 0 Å². The van der Waals surface area contributed by atoms with Crippen molar-refractivity contribution in [3.8, 4) is 44.5 Å². The predicted molar refractivity (Wildman–Crippen MR) is 230 cm³/mol. The van der Waals surface area contributed by atoms with E-state index in [1.165, 1.54) is 95.0 Å². The Hall–Kier alpha value is -6.44. The molecule has 0 heterocycles. The normalized spacial score (nSPS) is 16.6. The summed E-state index contributed by atoms with van der Waals surface area (Å²) in [5.74, 6) is 0. The van der Waals surface area contributed by atoms with E-state index < -0.39 is 0 Å². The number of anilines is 3. The monoisotopic (exact) mass is 703 g/mol. The number of benzene rings is 8. The number of rotatable bonds is 5. The van der Waals surface area contributed by atoms with E-state index in [-0.39, 0.29) is 10.8 Å². The molecule has 1 spiro atoms. The van der Waals surface area contributed by atoms with E-state index in [9.17, 15) is 0 Å². The highest BCUT2D eigenvalue weighted by atomic mass is 15.1. The molecule has 0 saturated heterocycles. The molecule has 1 heteroatoms. The summed E-state index contributed by atoms with van der Waals surface area (Å²) in [6.07, 6.45) is 2.16. The summed E-state index contributed by atoms with van der Waals surface area (Å²) >= 11 is 0. The van der Waals surface area contributed by atoms with E-state index in [0.29, 0.717) is 0 Å². The lowest BCUT2D eigenvalue weighted by atomic mass is 9.73. The van der Waals surface area contributed by atoms with E-state index in [1.807, 2.05) is 0 Å². The lowest BCUT2D eigenvalue weighted by molar-refractivity contribution is 0.626. The Labute approximate surface area is 324 Å². The molecule has 1 nitrogen and oxygen atoms in total. The molecule has 0 aliphatic heterocycles. The Morgan fingerprint density at radius 1 is 0.382 bits per heavy atom. The van der Waals surface area contributed by atoms with Crippen LogP contribution >= 0.6 is 0 Å². The highest BCUT2D eigenvalue weighted by Gasteiger charge is 2.48. The van der Waals surface area contributed by atoms with Crippen molar-refractivity contribution in [3.05, 3.63) is 221 Å². The first-order chi connectivity index (χ1) is 27.0. The molecule has 8 aromatic carbocycles. The summed E-state index contributed by atoms with van der Waals surface area (Å²) in [4.78, 5) is 2.53. The summed E-state index contributed by atoms with van der Waals surface area (Å²) in [7, 11) is 0. The smallest absolute Gasteiger partial charge is 0.0540 e. The number of hydrogen-bond acceptors (Lipinski definition) is 1. The van der Waals surface area contributed by atoms with Crippen molar-refractivity contribution in [2.24, 2.45) is 0 Å². The fraction of sp³-hybridized carbons (Fsp3) is 0.111. The quantitative estimate of drug-likeness (QED) is 0.172. The van der Waals surface area contributed by atoms with Crippen LogP contribution in [0.1, 0.15) is 53.6 Å². The number of aryl methyl sites for hydroxylation is 1. The Morgan fingerprint density at radius 2 is 0.891 bits per heavy atom. The molecule has 0 radical (unpaired) electrons. The molecule has 1 atom stereocenters. The van der Waals surface area contributed by atoms with Crippen LogP contribution in [-0.2, 0) is 17.3 Å². The van der Waals surface area contributed by atoms with Gasteiger partial charge in [-0.2, -0.15) is 0 Å². The molecule has 3 aliphatic rings. The Balaban J connectivity index is 1.13. The third-order valence-corrected chi connectivity index (χ3v) is 12.9. The topological polar surface area (TPSA) is 3.24 Å². The molecule has 1 unspecified atom stereocenters. The molecular formula is C54H41N. The maximum atomic E-state index is 2.53. The highest BCUT2D eigenvalue weighted by Crippen LogP contribution is 2.59. The first kappa shape index (κ1) is 32.0. The summed E-state index contributed by atoms with van der Waals surface area (Å²) in [6, 6.07) is 70.4. The van der Waals surface area contributed by atoms with Gasteiger partial charge >= 0.3 is 0 Å². The van der Waals surface area contributed by atoms with Crippen molar-refractivity contribution in [1.82, 2.24) is 0 Å². The zero-order chi connectivity index (χ0) is 36.7. The number of fused-ring (bicyclic) bond motifs is 10. The van der Waals surface area contributed by atoms with Crippen LogP contribution in [0.4, 0.5) is 17.1 Å². The average Bonchev–Trinajstić information content (AvgIpc) is 3.85. The maximum absolute atomic E-state index is 2.53. The first-order valence-corrected chi connectivity index (χ1v) is 19.6. The van der Waals surface area contributed by atoms with Crippen molar-refractivity contribution in [3.63, 3.8) is 0 Å². The lowest BCUT2D eigenvalue weighted by Gasteiger charge is -2.32. The minimum absolute atomic E-state index is 0.114. The van der Waals surface area contributed by atoms with Gasteiger partial charge < -0.3 is 4.90 Å². The lowest BCUT2D eigenvalue weighted by Crippen LogP contribution is -2.24. The molecule has 0 aromatic heterocycles. The number of nitrogens with zero attached hydrogens (tertiary/aromatic N) is 1. The van der Waals surface area contributed by atoms with E-state index in [0.717, 1.165) is 12.8 Å². The van der Waals surface area contributed by atoms with Gasteiger partial charge in [-0.25, -0.2) is 0 Å². The molecule has 55 heavy (non-hydrogen) atoms. The Kier molecular flexibility index (Phi) is 7.01. The van der Waals surface area contributed by atoms with Crippen LogP contribution in [0.25, 0.3) is 44.5 Å². The van der Waals surface area contributed by atoms with Gasteiger partial charge in [0.25, 0.3) is 0 Å². The molecule has 0 bridgehead atoms. The van der Waals surface area contributed by atoms with Gasteiger partial charge in [-0.3, -0.25) is 0 Å². The van der Waals surface area contributed by atoms with Gasteiger partial charge in [-0.15, -0.1) is 0 Å². The van der Waals surface area contributed by atoms with Gasteiger partial charge in [0.05, 0.1) is 5.69 Å². The number of hydrogen-bond donors (Lipinski definition) is 0. The van der Waals surface area contributed by atoms with E-state index in [4.69, 9.17) is 0 Å². The second kappa shape index (κ2) is 12.0. The van der Waals surface area contributed by atoms with Crippen molar-refractivity contribution in [2.45, 2.75) is 37.5 Å². The van der Waals surface area contributed by atoms with Crippen LogP contribution in [0.2, 0.25) is 0 Å². The predicted octanol–water partition coefficient (Wildman–Crippen LogP) is 14.1. The second-order valence-electron chi connectivity index (χ2n) is 16.0. The summed E-state index contributed by atoms with van der Waals surface area (Å²) in [5.41, 5.74) is 22.0. The average molecular weight is 704 g/mol. The van der Waals surface area contributed by atoms with Crippen LogP contribution in [-0.4, -0.2) is 0 Å². The molecule has 8 aromatic rings. The Morgan fingerprint density at radius 3 is 1.64 bits per heavy atom. The maximum Gasteiger partial charge on any atom is 0.0540 e. The van der Waals surface area contributed by atoms with Crippen LogP contribution in [0.5, 0.6) is 0 Å². The van der Waals surface area contributed by atoms with Gasteiger partial charge in [0.15, 0.2) is 0 Å². The van der Waals surface area contributed by atoms with Crippen LogP contribution in [0.15, 0.2) is 188 Å². The van der Waals surface area contributed by atoms with Crippen LogP contribution in [0.3, 0.4) is 0 Å². The molecule has 3 aliphatic carbocycles. The largest absolute Gasteiger partial charge is 0.310 e.